The van der Waals surface area contributed by atoms with Gasteiger partial charge in [-0.3, -0.25) is 0 Å². The number of nitrogens with one attached hydrogen (secondary N) is 1. The van der Waals surface area contributed by atoms with Crippen LogP contribution in [0.3, 0.4) is 0 Å². The first-order valence-electron chi connectivity index (χ1n) is 5.87. The number of methoxy groups -OCH3 is 1. The van der Waals surface area contributed by atoms with Gasteiger partial charge in [-0.15, -0.1) is 0 Å². The molecule has 20 heavy (non-hydrogen) atoms. The van der Waals surface area contributed by atoms with Crippen LogP contribution < -0.4 is 5.32 Å². The molecular formula is C14H13BrClNO3. The molecule has 0 radical (unpaired) electrons. The fraction of sp³-hybridized carbons (Fsp3) is 0.214. The number of carbonyl (C=O) groups is 1. The predicted molar refractivity (Wildman–Crippen MR) is 80.1 cm³/mol. The van der Waals surface area contributed by atoms with E-state index in [1.807, 2.05) is 18.2 Å². The Morgan fingerprint density at radius 1 is 1.40 bits per heavy atom. The summed E-state index contributed by atoms with van der Waals surface area (Å²) in [5.74, 6) is 0.289. The summed E-state index contributed by atoms with van der Waals surface area (Å²) in [4.78, 5) is 11.4. The van der Waals surface area contributed by atoms with Gasteiger partial charge in [0, 0.05) is 4.47 Å². The van der Waals surface area contributed by atoms with Crippen molar-refractivity contribution in [1.82, 2.24) is 5.32 Å². The second kappa shape index (κ2) is 6.43. The molecule has 0 amide bonds. The Labute approximate surface area is 130 Å². The van der Waals surface area contributed by atoms with E-state index in [1.165, 1.54) is 7.11 Å². The molecule has 0 aliphatic rings. The Kier molecular flexibility index (Phi) is 4.86. The quantitative estimate of drug-likeness (QED) is 0.845. The van der Waals surface area contributed by atoms with Crippen molar-refractivity contribution in [1.29, 1.82) is 0 Å². The summed E-state index contributed by atoms with van der Waals surface area (Å²) in [6, 6.07) is 8.77. The average molecular weight is 359 g/mol. The Bertz CT molecular complexity index is 627. The zero-order valence-electron chi connectivity index (χ0n) is 10.9. The SMILES string of the molecule is CNC(c1ccc(Br)c(Cl)c1)c1ccc(C(=O)OC)o1. The smallest absolute Gasteiger partial charge is 0.373 e. The second-order valence-electron chi connectivity index (χ2n) is 4.09. The maximum Gasteiger partial charge on any atom is 0.373 e. The Morgan fingerprint density at radius 2 is 2.15 bits per heavy atom. The van der Waals surface area contributed by atoms with Crippen LogP contribution in [0.2, 0.25) is 5.02 Å². The van der Waals surface area contributed by atoms with Crippen LogP contribution in [0.1, 0.15) is 27.9 Å². The van der Waals surface area contributed by atoms with Gasteiger partial charge in [0.25, 0.3) is 0 Å². The molecule has 0 bridgehead atoms. The summed E-state index contributed by atoms with van der Waals surface area (Å²) in [5.41, 5.74) is 0.937. The Morgan fingerprint density at radius 3 is 2.75 bits per heavy atom. The lowest BCUT2D eigenvalue weighted by molar-refractivity contribution is 0.0562. The molecule has 1 aromatic carbocycles. The van der Waals surface area contributed by atoms with E-state index < -0.39 is 5.97 Å². The van der Waals surface area contributed by atoms with E-state index in [9.17, 15) is 4.79 Å². The van der Waals surface area contributed by atoms with Crippen LogP contribution in [0.5, 0.6) is 0 Å². The van der Waals surface area contributed by atoms with E-state index in [1.54, 1.807) is 19.2 Å². The summed E-state index contributed by atoms with van der Waals surface area (Å²) < 4.78 is 11.0. The summed E-state index contributed by atoms with van der Waals surface area (Å²) in [7, 11) is 3.12. The third-order valence-corrected chi connectivity index (χ3v) is 4.10. The lowest BCUT2D eigenvalue weighted by Gasteiger charge is -2.14. The van der Waals surface area contributed by atoms with Crippen LogP contribution in [0.25, 0.3) is 0 Å². The lowest BCUT2D eigenvalue weighted by Crippen LogP contribution is -2.17. The maximum absolute atomic E-state index is 11.4. The van der Waals surface area contributed by atoms with Crippen molar-refractivity contribution in [3.63, 3.8) is 0 Å². The molecule has 1 heterocycles. The van der Waals surface area contributed by atoms with Crippen LogP contribution in [0.4, 0.5) is 0 Å². The highest BCUT2D eigenvalue weighted by Crippen LogP contribution is 2.29. The van der Waals surface area contributed by atoms with Gasteiger partial charge in [-0.2, -0.15) is 0 Å². The zero-order chi connectivity index (χ0) is 14.7. The van der Waals surface area contributed by atoms with Crippen molar-refractivity contribution in [2.24, 2.45) is 0 Å². The van der Waals surface area contributed by atoms with Crippen molar-refractivity contribution in [3.8, 4) is 0 Å². The molecule has 6 heteroatoms. The number of hydrogen-bond acceptors (Lipinski definition) is 4. The van der Waals surface area contributed by atoms with Crippen molar-refractivity contribution in [2.45, 2.75) is 6.04 Å². The van der Waals surface area contributed by atoms with Gasteiger partial charge in [0.15, 0.2) is 0 Å². The number of benzene rings is 1. The molecule has 2 aromatic rings. The van der Waals surface area contributed by atoms with Crippen LogP contribution in [-0.2, 0) is 4.74 Å². The van der Waals surface area contributed by atoms with E-state index in [4.69, 9.17) is 16.0 Å². The molecule has 0 saturated heterocycles. The largest absolute Gasteiger partial charge is 0.463 e. The van der Waals surface area contributed by atoms with Crippen molar-refractivity contribution < 1.29 is 13.9 Å². The number of carbonyl (C=O) groups excluding carboxylic acids is 1. The van der Waals surface area contributed by atoms with E-state index in [0.717, 1.165) is 10.0 Å². The van der Waals surface area contributed by atoms with Gasteiger partial charge in [0.05, 0.1) is 18.2 Å². The number of ether oxygens (including phenoxy) is 1. The van der Waals surface area contributed by atoms with E-state index in [-0.39, 0.29) is 11.8 Å². The summed E-state index contributed by atoms with van der Waals surface area (Å²) in [5, 5.41) is 3.75. The fourth-order valence-electron chi connectivity index (χ4n) is 1.88. The molecule has 2 rings (SSSR count). The standard InChI is InChI=1S/C14H13BrClNO3/c1-17-13(8-3-4-9(15)10(16)7-8)11-5-6-12(20-11)14(18)19-2/h3-7,13,17H,1-2H3. The minimum atomic E-state index is -0.500. The van der Waals surface area contributed by atoms with Crippen LogP contribution in [0.15, 0.2) is 39.2 Å². The number of esters is 1. The number of rotatable bonds is 4. The topological polar surface area (TPSA) is 51.5 Å². The summed E-state index contributed by atoms with van der Waals surface area (Å²) >= 11 is 9.45. The number of hydrogen-bond donors (Lipinski definition) is 1. The Balaban J connectivity index is 2.34. The summed E-state index contributed by atoms with van der Waals surface area (Å²) in [6.07, 6.45) is 0. The third kappa shape index (κ3) is 3.06. The highest BCUT2D eigenvalue weighted by atomic mass is 79.9. The first kappa shape index (κ1) is 15.1. The van der Waals surface area contributed by atoms with Gasteiger partial charge in [0.2, 0.25) is 5.76 Å². The average Bonchev–Trinajstić information content (AvgIpc) is 2.92. The van der Waals surface area contributed by atoms with E-state index >= 15 is 0 Å². The minimum Gasteiger partial charge on any atom is -0.463 e. The first-order chi connectivity index (χ1) is 9.56. The van der Waals surface area contributed by atoms with Crippen molar-refractivity contribution in [3.05, 3.63) is 56.9 Å². The minimum absolute atomic E-state index is 0.172. The van der Waals surface area contributed by atoms with Gasteiger partial charge >= 0.3 is 5.97 Å². The highest BCUT2D eigenvalue weighted by molar-refractivity contribution is 9.10. The van der Waals surface area contributed by atoms with E-state index in [0.29, 0.717) is 10.8 Å². The molecule has 0 fully saturated rings. The van der Waals surface area contributed by atoms with Crippen LogP contribution in [0, 0.1) is 0 Å². The molecule has 1 atom stereocenters. The molecule has 0 aliphatic heterocycles. The third-order valence-electron chi connectivity index (χ3n) is 2.86. The summed E-state index contributed by atoms with van der Waals surface area (Å²) in [6.45, 7) is 0. The van der Waals surface area contributed by atoms with Crippen LogP contribution in [-0.4, -0.2) is 20.1 Å². The molecule has 0 saturated carbocycles. The van der Waals surface area contributed by atoms with Gasteiger partial charge < -0.3 is 14.5 Å². The van der Waals surface area contributed by atoms with Gasteiger partial charge in [0.1, 0.15) is 5.76 Å². The molecule has 0 spiro atoms. The monoisotopic (exact) mass is 357 g/mol. The van der Waals surface area contributed by atoms with Gasteiger partial charge in [-0.1, -0.05) is 17.7 Å². The molecule has 1 unspecified atom stereocenters. The highest BCUT2D eigenvalue weighted by Gasteiger charge is 2.19. The molecular weight excluding hydrogens is 346 g/mol. The second-order valence-corrected chi connectivity index (χ2v) is 5.35. The molecule has 4 nitrogen and oxygen atoms in total. The normalized spacial score (nSPS) is 12.2. The first-order valence-corrected chi connectivity index (χ1v) is 7.04. The fourth-order valence-corrected chi connectivity index (χ4v) is 2.32. The number of halogens is 2. The lowest BCUT2D eigenvalue weighted by atomic mass is 10.1. The van der Waals surface area contributed by atoms with Gasteiger partial charge in [-0.05, 0) is 52.8 Å². The predicted octanol–water partition coefficient (Wildman–Crippen LogP) is 3.79. The van der Waals surface area contributed by atoms with Crippen molar-refractivity contribution >= 4 is 33.5 Å². The maximum atomic E-state index is 11.4. The van der Waals surface area contributed by atoms with Gasteiger partial charge in [-0.25, -0.2) is 4.79 Å². The zero-order valence-corrected chi connectivity index (χ0v) is 13.3. The molecule has 106 valence electrons. The molecule has 1 N–H and O–H groups in total. The number of furan rings is 1. The van der Waals surface area contributed by atoms with E-state index in [2.05, 4.69) is 26.0 Å². The van der Waals surface area contributed by atoms with Crippen LogP contribution >= 0.6 is 27.5 Å². The molecule has 0 aliphatic carbocycles. The molecule has 1 aromatic heterocycles. The van der Waals surface area contributed by atoms with Crippen molar-refractivity contribution in [2.75, 3.05) is 14.2 Å². The Hall–Kier alpha value is -1.30.